The molecule has 0 radical (unpaired) electrons. The first kappa shape index (κ1) is 18.8. The molecular formula is C17H17ClN4O5. The van der Waals surface area contributed by atoms with E-state index in [4.69, 9.17) is 16.3 Å². The second kappa shape index (κ2) is 8.17. The lowest BCUT2D eigenvalue weighted by Crippen LogP contribution is -2.23. The van der Waals surface area contributed by atoms with Crippen molar-refractivity contribution < 1.29 is 19.2 Å². The van der Waals surface area contributed by atoms with E-state index in [1.165, 1.54) is 12.1 Å². The zero-order valence-corrected chi connectivity index (χ0v) is 15.0. The second-order valence-corrected chi connectivity index (χ2v) is 6.55. The molecule has 0 bridgehead atoms. The molecule has 0 atom stereocenters. The fourth-order valence-electron chi connectivity index (χ4n) is 3.02. The van der Waals surface area contributed by atoms with Crippen LogP contribution in [-0.4, -0.2) is 33.2 Å². The molecule has 1 aromatic heterocycles. The van der Waals surface area contributed by atoms with Crippen molar-refractivity contribution in [3.63, 3.8) is 0 Å². The number of rotatable bonds is 6. The van der Waals surface area contributed by atoms with Crippen LogP contribution in [0.25, 0.3) is 0 Å². The number of nitro benzene ring substituents is 1. The average Bonchev–Trinajstić information content (AvgIpc) is 3.31. The molecule has 10 heteroatoms. The molecule has 0 aliphatic heterocycles. The molecular weight excluding hydrogens is 376 g/mol. The second-order valence-electron chi connectivity index (χ2n) is 6.14. The maximum atomic E-state index is 12.1. The summed E-state index contributed by atoms with van der Waals surface area (Å²) in [6, 6.07) is 5.35. The van der Waals surface area contributed by atoms with Gasteiger partial charge in [0.05, 0.1) is 27.7 Å². The van der Waals surface area contributed by atoms with E-state index in [0.29, 0.717) is 5.82 Å². The highest BCUT2D eigenvalue weighted by Gasteiger charge is 2.21. The fraction of sp³-hybridized carbons (Fsp3) is 0.353. The number of hydrogen-bond acceptors (Lipinski definition) is 6. The SMILES string of the molecule is O=C(COC(=O)c1cc([N+](=O)[O-])ccc1Cl)Nc1ccnn1C1CCCC1. The minimum Gasteiger partial charge on any atom is -0.452 e. The number of esters is 1. The quantitative estimate of drug-likeness (QED) is 0.457. The maximum absolute atomic E-state index is 12.1. The van der Waals surface area contributed by atoms with Gasteiger partial charge in [0.25, 0.3) is 11.6 Å². The van der Waals surface area contributed by atoms with Crippen LogP contribution in [0.3, 0.4) is 0 Å². The molecule has 27 heavy (non-hydrogen) atoms. The molecule has 1 N–H and O–H groups in total. The summed E-state index contributed by atoms with van der Waals surface area (Å²) in [6.45, 7) is -0.548. The van der Waals surface area contributed by atoms with Crippen molar-refractivity contribution in [2.75, 3.05) is 11.9 Å². The largest absolute Gasteiger partial charge is 0.452 e. The Bertz CT molecular complexity index is 876. The van der Waals surface area contributed by atoms with Gasteiger partial charge in [-0.1, -0.05) is 24.4 Å². The third-order valence-corrected chi connectivity index (χ3v) is 4.65. The summed E-state index contributed by atoms with van der Waals surface area (Å²) < 4.78 is 6.70. The monoisotopic (exact) mass is 392 g/mol. The van der Waals surface area contributed by atoms with Gasteiger partial charge >= 0.3 is 5.97 Å². The zero-order valence-electron chi connectivity index (χ0n) is 14.3. The Labute approximate surface area is 159 Å². The number of nitrogens with zero attached hydrogens (tertiary/aromatic N) is 3. The van der Waals surface area contributed by atoms with Crippen LogP contribution < -0.4 is 5.32 Å². The maximum Gasteiger partial charge on any atom is 0.340 e. The van der Waals surface area contributed by atoms with Gasteiger partial charge in [-0.2, -0.15) is 5.10 Å². The smallest absolute Gasteiger partial charge is 0.340 e. The van der Waals surface area contributed by atoms with E-state index in [2.05, 4.69) is 10.4 Å². The normalized spacial score (nSPS) is 14.1. The van der Waals surface area contributed by atoms with Crippen molar-refractivity contribution >= 4 is 35.0 Å². The van der Waals surface area contributed by atoms with Crippen LogP contribution in [0.2, 0.25) is 5.02 Å². The number of carbonyl (C=O) groups is 2. The third kappa shape index (κ3) is 4.43. The molecule has 1 heterocycles. The summed E-state index contributed by atoms with van der Waals surface area (Å²) in [6.07, 6.45) is 5.86. The van der Waals surface area contributed by atoms with Crippen LogP contribution in [0.1, 0.15) is 42.1 Å². The molecule has 1 amide bonds. The van der Waals surface area contributed by atoms with Crippen LogP contribution in [0.15, 0.2) is 30.5 Å². The molecule has 1 aliphatic carbocycles. The Hall–Kier alpha value is -2.94. The lowest BCUT2D eigenvalue weighted by molar-refractivity contribution is -0.384. The number of non-ortho nitro benzene ring substituents is 1. The van der Waals surface area contributed by atoms with E-state index in [1.807, 2.05) is 0 Å². The first-order valence-electron chi connectivity index (χ1n) is 8.40. The van der Waals surface area contributed by atoms with Gasteiger partial charge in [-0.15, -0.1) is 0 Å². The Kier molecular flexibility index (Phi) is 5.70. The standard InChI is InChI=1S/C17H17ClN4O5/c18-14-6-5-12(22(25)26)9-13(14)17(24)27-10-16(23)20-15-7-8-19-21(15)11-3-1-2-4-11/h5-9,11H,1-4,10H2,(H,20,23). The van der Waals surface area contributed by atoms with Gasteiger partial charge in [0, 0.05) is 18.2 Å². The first-order chi connectivity index (χ1) is 13.0. The van der Waals surface area contributed by atoms with Gasteiger partial charge in [0.2, 0.25) is 0 Å². The summed E-state index contributed by atoms with van der Waals surface area (Å²) in [7, 11) is 0. The van der Waals surface area contributed by atoms with Crippen molar-refractivity contribution in [2.24, 2.45) is 0 Å². The number of anilines is 1. The number of ether oxygens (including phenoxy) is 1. The van der Waals surface area contributed by atoms with Gasteiger partial charge in [0.15, 0.2) is 6.61 Å². The number of aromatic nitrogens is 2. The van der Waals surface area contributed by atoms with E-state index in [1.54, 1.807) is 16.9 Å². The lowest BCUT2D eigenvalue weighted by atomic mass is 10.2. The molecule has 1 aromatic carbocycles. The molecule has 1 fully saturated rings. The van der Waals surface area contributed by atoms with Gasteiger partial charge in [-0.05, 0) is 18.9 Å². The van der Waals surface area contributed by atoms with Crippen LogP contribution in [0.5, 0.6) is 0 Å². The number of hydrogen-bond donors (Lipinski definition) is 1. The van der Waals surface area contributed by atoms with Crippen molar-refractivity contribution in [2.45, 2.75) is 31.7 Å². The zero-order chi connectivity index (χ0) is 19.4. The van der Waals surface area contributed by atoms with Crippen LogP contribution in [0.4, 0.5) is 11.5 Å². The first-order valence-corrected chi connectivity index (χ1v) is 8.78. The number of carbonyl (C=O) groups excluding carboxylic acids is 2. The molecule has 0 saturated heterocycles. The molecule has 2 aromatic rings. The van der Waals surface area contributed by atoms with Crippen LogP contribution >= 0.6 is 11.6 Å². The topological polar surface area (TPSA) is 116 Å². The van der Waals surface area contributed by atoms with Gasteiger partial charge in [-0.3, -0.25) is 14.9 Å². The summed E-state index contributed by atoms with van der Waals surface area (Å²) in [5, 5.41) is 17.7. The van der Waals surface area contributed by atoms with Crippen LogP contribution in [-0.2, 0) is 9.53 Å². The lowest BCUT2D eigenvalue weighted by Gasteiger charge is -2.14. The van der Waals surface area contributed by atoms with Crippen molar-refractivity contribution in [3.05, 3.63) is 51.2 Å². The van der Waals surface area contributed by atoms with Gasteiger partial charge < -0.3 is 10.1 Å². The summed E-state index contributed by atoms with van der Waals surface area (Å²) >= 11 is 5.88. The van der Waals surface area contributed by atoms with Crippen LogP contribution in [0, 0.1) is 10.1 Å². The number of halogens is 1. The fourth-order valence-corrected chi connectivity index (χ4v) is 3.22. The van der Waals surface area contributed by atoms with Crippen molar-refractivity contribution in [3.8, 4) is 0 Å². The molecule has 9 nitrogen and oxygen atoms in total. The number of nitrogens with one attached hydrogen (secondary N) is 1. The molecule has 3 rings (SSSR count). The number of benzene rings is 1. The van der Waals surface area contributed by atoms with Crippen molar-refractivity contribution in [1.82, 2.24) is 9.78 Å². The summed E-state index contributed by atoms with van der Waals surface area (Å²) in [5.41, 5.74) is -0.467. The van der Waals surface area contributed by atoms with E-state index >= 15 is 0 Å². The molecule has 0 unspecified atom stereocenters. The minimum atomic E-state index is -0.914. The number of nitro groups is 1. The van der Waals surface area contributed by atoms with E-state index in [-0.39, 0.29) is 22.3 Å². The molecule has 1 saturated carbocycles. The highest BCUT2D eigenvalue weighted by Crippen LogP contribution is 2.31. The van der Waals surface area contributed by atoms with Gasteiger partial charge in [-0.25, -0.2) is 9.48 Å². The van der Waals surface area contributed by atoms with Crippen molar-refractivity contribution in [1.29, 1.82) is 0 Å². The highest BCUT2D eigenvalue weighted by atomic mass is 35.5. The third-order valence-electron chi connectivity index (χ3n) is 4.32. The Balaban J connectivity index is 1.60. The summed E-state index contributed by atoms with van der Waals surface area (Å²) in [4.78, 5) is 34.4. The predicted octanol–water partition coefficient (Wildman–Crippen LogP) is 3.36. The number of amides is 1. The Morgan fingerprint density at radius 2 is 2.07 bits per heavy atom. The molecule has 0 spiro atoms. The minimum absolute atomic E-state index is 0.00492. The Morgan fingerprint density at radius 3 is 2.78 bits per heavy atom. The molecule has 1 aliphatic rings. The Morgan fingerprint density at radius 1 is 1.33 bits per heavy atom. The highest BCUT2D eigenvalue weighted by molar-refractivity contribution is 6.33. The predicted molar refractivity (Wildman–Crippen MR) is 96.8 cm³/mol. The summed E-state index contributed by atoms with van der Waals surface area (Å²) in [5.74, 6) is -0.913. The molecule has 142 valence electrons. The van der Waals surface area contributed by atoms with E-state index in [9.17, 15) is 19.7 Å². The average molecular weight is 393 g/mol. The van der Waals surface area contributed by atoms with E-state index in [0.717, 1.165) is 31.7 Å². The van der Waals surface area contributed by atoms with Gasteiger partial charge in [0.1, 0.15) is 5.82 Å². The van der Waals surface area contributed by atoms with E-state index < -0.39 is 23.4 Å².